The molecular weight excluding hydrogens is 349 g/mol. The van der Waals surface area contributed by atoms with Crippen LogP contribution in [0.5, 0.6) is 0 Å². The van der Waals surface area contributed by atoms with Crippen LogP contribution in [0.2, 0.25) is 10.0 Å². The van der Waals surface area contributed by atoms with E-state index in [1.165, 1.54) is 0 Å². The number of hydrogen-bond acceptors (Lipinski definition) is 4. The van der Waals surface area contributed by atoms with Crippen molar-refractivity contribution in [2.75, 3.05) is 18.1 Å². The number of anilines is 2. The molecular formula is C18H17Cl2NO3. The maximum atomic E-state index is 12.2. The lowest BCUT2D eigenvalue weighted by molar-refractivity contribution is -0.145. The molecule has 0 N–H and O–H groups in total. The molecule has 126 valence electrons. The van der Waals surface area contributed by atoms with Gasteiger partial charge in [0.05, 0.1) is 13.2 Å². The lowest BCUT2D eigenvalue weighted by Gasteiger charge is -2.24. The number of nitrogens with zero attached hydrogens (tertiary/aromatic N) is 1. The number of halogens is 2. The highest BCUT2D eigenvalue weighted by atomic mass is 35.5. The SMILES string of the molecule is CCOC(=O)CC(=O)CN(c1ccccc1)c1cc(Cl)cc(Cl)c1. The number of rotatable bonds is 7. The predicted molar refractivity (Wildman–Crippen MR) is 96.2 cm³/mol. The molecule has 0 amide bonds. The molecule has 0 saturated heterocycles. The van der Waals surface area contributed by atoms with Crippen LogP contribution in [-0.4, -0.2) is 24.9 Å². The molecule has 0 aliphatic rings. The first-order valence-electron chi connectivity index (χ1n) is 7.45. The van der Waals surface area contributed by atoms with Crippen molar-refractivity contribution in [2.24, 2.45) is 0 Å². The van der Waals surface area contributed by atoms with Crippen molar-refractivity contribution in [1.82, 2.24) is 0 Å². The monoisotopic (exact) mass is 365 g/mol. The zero-order valence-corrected chi connectivity index (χ0v) is 14.7. The van der Waals surface area contributed by atoms with Gasteiger partial charge in [-0.05, 0) is 37.3 Å². The Morgan fingerprint density at radius 1 is 1.00 bits per heavy atom. The van der Waals surface area contributed by atoms with E-state index in [0.29, 0.717) is 15.7 Å². The van der Waals surface area contributed by atoms with Gasteiger partial charge >= 0.3 is 5.97 Å². The van der Waals surface area contributed by atoms with Crippen LogP contribution in [0.15, 0.2) is 48.5 Å². The van der Waals surface area contributed by atoms with Crippen molar-refractivity contribution in [3.8, 4) is 0 Å². The number of benzene rings is 2. The van der Waals surface area contributed by atoms with Crippen molar-refractivity contribution in [2.45, 2.75) is 13.3 Å². The summed E-state index contributed by atoms with van der Waals surface area (Å²) in [6, 6.07) is 14.4. The molecule has 0 radical (unpaired) electrons. The van der Waals surface area contributed by atoms with E-state index in [4.69, 9.17) is 27.9 Å². The number of para-hydroxylation sites is 1. The molecule has 2 rings (SSSR count). The highest BCUT2D eigenvalue weighted by Gasteiger charge is 2.18. The first kappa shape index (κ1) is 18.3. The molecule has 0 saturated carbocycles. The second kappa shape index (κ2) is 8.71. The van der Waals surface area contributed by atoms with Gasteiger partial charge in [-0.3, -0.25) is 9.59 Å². The minimum atomic E-state index is -0.528. The van der Waals surface area contributed by atoms with Gasteiger partial charge in [-0.15, -0.1) is 0 Å². The van der Waals surface area contributed by atoms with Crippen LogP contribution in [0.1, 0.15) is 13.3 Å². The van der Waals surface area contributed by atoms with Gasteiger partial charge in [-0.25, -0.2) is 0 Å². The smallest absolute Gasteiger partial charge is 0.313 e. The minimum absolute atomic E-state index is 0.0134. The number of esters is 1. The molecule has 0 fully saturated rings. The Balaban J connectivity index is 2.27. The summed E-state index contributed by atoms with van der Waals surface area (Å²) in [5, 5.41) is 0.938. The third kappa shape index (κ3) is 5.25. The van der Waals surface area contributed by atoms with Gasteiger partial charge in [-0.1, -0.05) is 41.4 Å². The Hall–Kier alpha value is -2.04. The van der Waals surface area contributed by atoms with Crippen molar-refractivity contribution >= 4 is 46.3 Å². The number of ketones is 1. The zero-order chi connectivity index (χ0) is 17.5. The number of hydrogen-bond donors (Lipinski definition) is 0. The van der Waals surface area contributed by atoms with E-state index in [2.05, 4.69) is 0 Å². The fraction of sp³-hybridized carbons (Fsp3) is 0.222. The Labute approximate surface area is 150 Å². The van der Waals surface area contributed by atoms with Gasteiger partial charge in [0, 0.05) is 21.4 Å². The lowest BCUT2D eigenvalue weighted by atomic mass is 10.2. The maximum Gasteiger partial charge on any atom is 0.313 e. The van der Waals surface area contributed by atoms with E-state index in [0.717, 1.165) is 5.69 Å². The van der Waals surface area contributed by atoms with E-state index < -0.39 is 5.97 Å². The van der Waals surface area contributed by atoms with Gasteiger partial charge < -0.3 is 9.64 Å². The van der Waals surface area contributed by atoms with Crippen molar-refractivity contribution in [3.05, 3.63) is 58.6 Å². The topological polar surface area (TPSA) is 46.6 Å². The molecule has 0 aliphatic heterocycles. The highest BCUT2D eigenvalue weighted by Crippen LogP contribution is 2.30. The van der Waals surface area contributed by atoms with Gasteiger partial charge in [0.2, 0.25) is 0 Å². The second-order valence-electron chi connectivity index (χ2n) is 5.07. The fourth-order valence-electron chi connectivity index (χ4n) is 2.24. The van der Waals surface area contributed by atoms with Crippen molar-refractivity contribution in [3.63, 3.8) is 0 Å². The van der Waals surface area contributed by atoms with Crippen LogP contribution in [0.25, 0.3) is 0 Å². The quantitative estimate of drug-likeness (QED) is 0.529. The van der Waals surface area contributed by atoms with E-state index in [1.54, 1.807) is 30.0 Å². The average molecular weight is 366 g/mol. The van der Waals surface area contributed by atoms with E-state index in [-0.39, 0.29) is 25.4 Å². The van der Waals surface area contributed by atoms with Crippen molar-refractivity contribution in [1.29, 1.82) is 0 Å². The summed E-state index contributed by atoms with van der Waals surface area (Å²) < 4.78 is 4.82. The van der Waals surface area contributed by atoms with E-state index >= 15 is 0 Å². The summed E-state index contributed by atoms with van der Waals surface area (Å²) in [5.41, 5.74) is 1.48. The first-order chi connectivity index (χ1) is 11.5. The molecule has 4 nitrogen and oxygen atoms in total. The van der Waals surface area contributed by atoms with Crippen LogP contribution < -0.4 is 4.90 Å². The van der Waals surface area contributed by atoms with Gasteiger partial charge in [0.1, 0.15) is 6.42 Å². The molecule has 0 unspecified atom stereocenters. The minimum Gasteiger partial charge on any atom is -0.466 e. The second-order valence-corrected chi connectivity index (χ2v) is 5.94. The molecule has 2 aromatic carbocycles. The molecule has 24 heavy (non-hydrogen) atoms. The van der Waals surface area contributed by atoms with Gasteiger partial charge in [0.25, 0.3) is 0 Å². The standard InChI is InChI=1S/C18H17Cl2NO3/c1-2-24-18(23)11-17(22)12-21(15-6-4-3-5-7-15)16-9-13(19)8-14(20)10-16/h3-10H,2,11-12H2,1H3. The first-order valence-corrected chi connectivity index (χ1v) is 8.21. The Morgan fingerprint density at radius 2 is 1.62 bits per heavy atom. The van der Waals surface area contributed by atoms with Gasteiger partial charge in [-0.2, -0.15) is 0 Å². The normalized spacial score (nSPS) is 10.3. The van der Waals surface area contributed by atoms with E-state index in [1.807, 2.05) is 30.3 Å². The number of carbonyl (C=O) groups excluding carboxylic acids is 2. The molecule has 0 spiro atoms. The molecule has 0 bridgehead atoms. The van der Waals surface area contributed by atoms with Crippen molar-refractivity contribution < 1.29 is 14.3 Å². The molecule has 0 aromatic heterocycles. The third-order valence-electron chi connectivity index (χ3n) is 3.21. The highest BCUT2D eigenvalue weighted by molar-refractivity contribution is 6.35. The summed E-state index contributed by atoms with van der Waals surface area (Å²) >= 11 is 12.1. The molecule has 2 aromatic rings. The fourth-order valence-corrected chi connectivity index (χ4v) is 2.75. The predicted octanol–water partition coefficient (Wildman–Crippen LogP) is 4.65. The Morgan fingerprint density at radius 3 is 2.21 bits per heavy atom. The molecule has 6 heteroatoms. The average Bonchev–Trinajstić information content (AvgIpc) is 2.52. The van der Waals surface area contributed by atoms with Crippen LogP contribution in [0.3, 0.4) is 0 Å². The number of carbonyl (C=O) groups is 2. The van der Waals surface area contributed by atoms with Crippen LogP contribution in [-0.2, 0) is 14.3 Å². The van der Waals surface area contributed by atoms with Crippen LogP contribution >= 0.6 is 23.2 Å². The Bertz CT molecular complexity index is 699. The van der Waals surface area contributed by atoms with Crippen LogP contribution in [0, 0.1) is 0 Å². The van der Waals surface area contributed by atoms with Crippen LogP contribution in [0.4, 0.5) is 11.4 Å². The maximum absolute atomic E-state index is 12.2. The Kier molecular flexibility index (Phi) is 6.64. The largest absolute Gasteiger partial charge is 0.466 e. The summed E-state index contributed by atoms with van der Waals surface area (Å²) in [6.07, 6.45) is -0.272. The van der Waals surface area contributed by atoms with Gasteiger partial charge in [0.15, 0.2) is 5.78 Å². The lowest BCUT2D eigenvalue weighted by Crippen LogP contribution is -2.27. The molecule has 0 atom stereocenters. The summed E-state index contributed by atoms with van der Waals surface area (Å²) in [7, 11) is 0. The number of ether oxygens (including phenoxy) is 1. The molecule has 0 aliphatic carbocycles. The third-order valence-corrected chi connectivity index (χ3v) is 3.64. The van der Waals surface area contributed by atoms with E-state index in [9.17, 15) is 9.59 Å². The zero-order valence-electron chi connectivity index (χ0n) is 13.2. The molecule has 0 heterocycles. The summed E-state index contributed by atoms with van der Waals surface area (Å²) in [6.45, 7) is 1.96. The summed E-state index contributed by atoms with van der Waals surface area (Å²) in [4.78, 5) is 25.5. The number of Topliss-reactive ketones (excluding diaryl/α,β-unsaturated/α-hetero) is 1. The summed E-state index contributed by atoms with van der Waals surface area (Å²) in [5.74, 6) is -0.784.